The number of halogens is 2. The van der Waals surface area contributed by atoms with E-state index in [9.17, 15) is 9.59 Å². The average Bonchev–Trinajstić information content (AvgIpc) is 3.51. The van der Waals surface area contributed by atoms with E-state index in [1.807, 2.05) is 56.6 Å². The number of likely N-dealkylation sites (tertiary alicyclic amines) is 1. The number of rotatable bonds is 13. The van der Waals surface area contributed by atoms with Crippen molar-refractivity contribution < 1.29 is 33.1 Å². The summed E-state index contributed by atoms with van der Waals surface area (Å²) < 4.78 is 24.5. The van der Waals surface area contributed by atoms with Gasteiger partial charge in [-0.3, -0.25) is 10.2 Å². The Kier molecular flexibility index (Phi) is 11.2. The van der Waals surface area contributed by atoms with E-state index in [2.05, 4.69) is 10.2 Å². The van der Waals surface area contributed by atoms with Crippen molar-refractivity contribution in [3.8, 4) is 11.5 Å². The van der Waals surface area contributed by atoms with Crippen molar-refractivity contribution in [2.75, 3.05) is 34.4 Å². The van der Waals surface area contributed by atoms with Gasteiger partial charge in [-0.1, -0.05) is 59.6 Å². The van der Waals surface area contributed by atoms with Gasteiger partial charge in [0, 0.05) is 36.5 Å². The first-order valence-corrected chi connectivity index (χ1v) is 16.2. The molecule has 0 radical (unpaired) electrons. The quantitative estimate of drug-likeness (QED) is 0.141. The number of hydrogen-bond acceptors (Lipinski definition) is 9. The van der Waals surface area contributed by atoms with Gasteiger partial charge < -0.3 is 18.9 Å². The van der Waals surface area contributed by atoms with Crippen LogP contribution in [0.1, 0.15) is 43.4 Å². The monoisotopic (exact) mass is 684 g/mol. The lowest BCUT2D eigenvalue weighted by atomic mass is 10.0. The third-order valence-corrected chi connectivity index (χ3v) is 9.37. The van der Waals surface area contributed by atoms with Crippen molar-refractivity contribution in [1.82, 2.24) is 10.2 Å². The Morgan fingerprint density at radius 3 is 2.33 bits per heavy atom. The Morgan fingerprint density at radius 2 is 1.67 bits per heavy atom. The summed E-state index contributed by atoms with van der Waals surface area (Å²) >= 11 is 14.4. The van der Waals surface area contributed by atoms with Crippen molar-refractivity contribution in [2.45, 2.75) is 31.2 Å². The predicted molar refractivity (Wildman–Crippen MR) is 177 cm³/mol. The van der Waals surface area contributed by atoms with Crippen LogP contribution in [-0.4, -0.2) is 57.3 Å². The van der Waals surface area contributed by atoms with Gasteiger partial charge in [0.15, 0.2) is 23.9 Å². The second kappa shape index (κ2) is 15.3. The Bertz CT molecular complexity index is 1660. The number of carbonyl (C=O) groups is 2. The van der Waals surface area contributed by atoms with Crippen LogP contribution < -0.4 is 19.4 Å². The maximum atomic E-state index is 13.6. The van der Waals surface area contributed by atoms with Crippen molar-refractivity contribution in [1.29, 1.82) is 0 Å². The molecule has 5 rings (SSSR count). The maximum absolute atomic E-state index is 13.6. The molecule has 1 N–H and O–H groups in total. The van der Waals surface area contributed by atoms with Crippen LogP contribution in [-0.2, 0) is 34.3 Å². The molecule has 12 heteroatoms. The Balaban J connectivity index is 1.32. The van der Waals surface area contributed by atoms with Crippen LogP contribution >= 0.6 is 34.5 Å². The molecule has 4 aromatic rings. The molecule has 1 aliphatic rings. The zero-order valence-electron chi connectivity index (χ0n) is 26.0. The van der Waals surface area contributed by atoms with Crippen molar-refractivity contribution in [3.63, 3.8) is 0 Å². The molecule has 1 fully saturated rings. The number of thiophene rings is 1. The normalized spacial score (nSPS) is 14.7. The molecular formula is C34H36Cl2N3O6S+. The molecule has 2 atom stereocenters. The second-order valence-corrected chi connectivity index (χ2v) is 13.1. The lowest BCUT2D eigenvalue weighted by Gasteiger charge is -2.36. The zero-order valence-corrected chi connectivity index (χ0v) is 28.3. The van der Waals surface area contributed by atoms with Crippen LogP contribution in [0.15, 0.2) is 73.1 Å². The average molecular weight is 686 g/mol. The van der Waals surface area contributed by atoms with E-state index in [0.717, 1.165) is 23.5 Å². The smallest absolute Gasteiger partial charge is 0.348 e. The molecule has 0 bridgehead atoms. The van der Waals surface area contributed by atoms with Gasteiger partial charge in [0.1, 0.15) is 40.2 Å². The van der Waals surface area contributed by atoms with Crippen molar-refractivity contribution in [2.24, 2.45) is 7.05 Å². The molecule has 46 heavy (non-hydrogen) atoms. The Hall–Kier alpha value is -3.67. The number of aryl methyl sites for hydroxylation is 1. The molecule has 3 heterocycles. The van der Waals surface area contributed by atoms with Crippen molar-refractivity contribution in [3.05, 3.63) is 110 Å². The SMILES string of the molecule is COc1ccc([C@H](Cc2c(Cl)c[n+](C)cc2Cl)OC(=O)c2ccc(CNC(C(=O)OC3CN(C)C3)c3ccccc3)s2)cc1OC. The lowest BCUT2D eigenvalue weighted by molar-refractivity contribution is -0.671. The van der Waals surface area contributed by atoms with Gasteiger partial charge >= 0.3 is 11.9 Å². The Labute approximate surface area is 282 Å². The molecule has 2 aromatic heterocycles. The number of aromatic nitrogens is 1. The molecule has 1 unspecified atom stereocenters. The number of esters is 2. The van der Waals surface area contributed by atoms with E-state index < -0.39 is 18.1 Å². The number of hydrogen-bond donors (Lipinski definition) is 1. The number of carbonyl (C=O) groups excluding carboxylic acids is 2. The highest BCUT2D eigenvalue weighted by Gasteiger charge is 2.31. The fraction of sp³-hybridized carbons (Fsp3) is 0.324. The van der Waals surface area contributed by atoms with Gasteiger partial charge in [-0.25, -0.2) is 14.2 Å². The fourth-order valence-corrected chi connectivity index (χ4v) is 6.79. The summed E-state index contributed by atoms with van der Waals surface area (Å²) in [6, 6.07) is 17.7. The fourth-order valence-electron chi connectivity index (χ4n) is 5.23. The molecule has 2 aromatic carbocycles. The highest BCUT2D eigenvalue weighted by molar-refractivity contribution is 7.13. The molecule has 1 saturated heterocycles. The molecule has 0 amide bonds. The molecule has 0 aliphatic carbocycles. The number of likely N-dealkylation sites (N-methyl/N-ethyl adjacent to an activating group) is 1. The predicted octanol–water partition coefficient (Wildman–Crippen LogP) is 5.73. The van der Waals surface area contributed by atoms with E-state index in [0.29, 0.717) is 44.1 Å². The standard InChI is InChI=1S/C34H36Cl2N3O6S/c1-38-17-23(18-38)44-34(41)32(21-8-6-5-7-9-21)37-16-24-11-13-31(46-24)33(40)45-29(15-25-26(35)19-39(2)20-27(25)36)22-10-12-28(42-3)30(14-22)43-4/h5-14,19-20,23,29,32,37H,15-18H2,1-4H3/q+1/t29-,32?/m0/s1. The molecule has 0 saturated carbocycles. The summed E-state index contributed by atoms with van der Waals surface area (Å²) in [5, 5.41) is 4.23. The van der Waals surface area contributed by atoms with Gasteiger partial charge in [-0.2, -0.15) is 0 Å². The van der Waals surface area contributed by atoms with Crippen molar-refractivity contribution >= 4 is 46.5 Å². The first kappa shape index (κ1) is 33.7. The van der Waals surface area contributed by atoms with E-state index in [1.165, 1.54) is 11.3 Å². The van der Waals surface area contributed by atoms with Gasteiger partial charge in [0.05, 0.1) is 14.2 Å². The largest absolute Gasteiger partial charge is 0.493 e. The van der Waals surface area contributed by atoms with Crippen LogP contribution in [0.5, 0.6) is 11.5 Å². The van der Waals surface area contributed by atoms with Gasteiger partial charge in [-0.05, 0) is 42.4 Å². The summed E-state index contributed by atoms with van der Waals surface area (Å²) in [5.41, 5.74) is 2.14. The molecule has 9 nitrogen and oxygen atoms in total. The van der Waals surface area contributed by atoms with Gasteiger partial charge in [0.25, 0.3) is 0 Å². The topological polar surface area (TPSA) is 90.2 Å². The minimum atomic E-state index is -0.735. The van der Waals surface area contributed by atoms with Crippen LogP contribution in [0.3, 0.4) is 0 Å². The summed E-state index contributed by atoms with van der Waals surface area (Å²) in [6.45, 7) is 1.78. The molecule has 0 spiro atoms. The van der Waals surface area contributed by atoms with Crippen LogP contribution in [0.25, 0.3) is 0 Å². The minimum Gasteiger partial charge on any atom is -0.493 e. The number of ether oxygens (including phenoxy) is 4. The minimum absolute atomic E-state index is 0.115. The second-order valence-electron chi connectivity index (χ2n) is 11.1. The first-order valence-electron chi connectivity index (χ1n) is 14.7. The summed E-state index contributed by atoms with van der Waals surface area (Å²) in [5.74, 6) is 0.216. The third-order valence-electron chi connectivity index (χ3n) is 7.65. The zero-order chi connectivity index (χ0) is 32.8. The molecule has 1 aliphatic heterocycles. The summed E-state index contributed by atoms with van der Waals surface area (Å²) in [4.78, 5) is 30.0. The van der Waals surface area contributed by atoms with Crippen LogP contribution in [0.2, 0.25) is 10.0 Å². The highest BCUT2D eigenvalue weighted by Crippen LogP contribution is 2.36. The van der Waals surface area contributed by atoms with Crippen LogP contribution in [0, 0.1) is 0 Å². The third kappa shape index (κ3) is 8.18. The maximum Gasteiger partial charge on any atom is 0.348 e. The van der Waals surface area contributed by atoms with E-state index in [1.54, 1.807) is 49.4 Å². The number of benzene rings is 2. The van der Waals surface area contributed by atoms with Gasteiger partial charge in [0.2, 0.25) is 0 Å². The van der Waals surface area contributed by atoms with E-state index in [4.69, 9.17) is 42.1 Å². The molecular weight excluding hydrogens is 649 g/mol. The lowest BCUT2D eigenvalue weighted by Crippen LogP contribution is -2.51. The van der Waals surface area contributed by atoms with Crippen LogP contribution in [0.4, 0.5) is 0 Å². The molecule has 242 valence electrons. The summed E-state index contributed by atoms with van der Waals surface area (Å²) in [6.07, 6.45) is 2.88. The highest BCUT2D eigenvalue weighted by atomic mass is 35.5. The van der Waals surface area contributed by atoms with Gasteiger partial charge in [-0.15, -0.1) is 11.3 Å². The number of nitrogens with one attached hydrogen (secondary N) is 1. The Morgan fingerprint density at radius 1 is 0.978 bits per heavy atom. The number of pyridine rings is 1. The van der Waals surface area contributed by atoms with E-state index in [-0.39, 0.29) is 18.5 Å². The van der Waals surface area contributed by atoms with E-state index >= 15 is 0 Å². The number of methoxy groups -OCH3 is 2. The number of nitrogens with zero attached hydrogens (tertiary/aromatic N) is 2. The summed E-state index contributed by atoms with van der Waals surface area (Å²) in [7, 11) is 6.91. The first-order chi connectivity index (χ1) is 22.1.